The first-order chi connectivity index (χ1) is 16.0. The van der Waals surface area contributed by atoms with Crippen LogP contribution in [0.1, 0.15) is 70.6 Å². The second kappa shape index (κ2) is 25.6. The van der Waals surface area contributed by atoms with Gasteiger partial charge in [-0.05, 0) is 30.1 Å². The number of nitrogens with zero attached hydrogens (tertiary/aromatic N) is 1. The SMILES string of the molecule is O=C(CCCCCCCI)NCCN(CCNI)CCNC(=O)CCCCCCOC(=O)I. The van der Waals surface area contributed by atoms with Crippen molar-refractivity contribution in [2.24, 2.45) is 0 Å². The Bertz CT molecular complexity index is 516. The Labute approximate surface area is 241 Å². The molecule has 0 aromatic carbocycles. The molecule has 3 N–H and O–H groups in total. The van der Waals surface area contributed by atoms with Gasteiger partial charge in [-0.3, -0.25) is 18.0 Å². The number of halogens is 3. The molecule has 0 aromatic heterocycles. The highest BCUT2D eigenvalue weighted by molar-refractivity contribution is 14.1. The highest BCUT2D eigenvalue weighted by Gasteiger charge is 2.08. The van der Waals surface area contributed by atoms with Crippen molar-refractivity contribution in [1.82, 2.24) is 19.1 Å². The summed E-state index contributed by atoms with van der Waals surface area (Å²) >= 11 is 6.16. The van der Waals surface area contributed by atoms with Crippen LogP contribution in [0.15, 0.2) is 0 Å². The lowest BCUT2D eigenvalue weighted by atomic mass is 10.1. The quantitative estimate of drug-likeness (QED) is 0.0454. The first-order valence-corrected chi connectivity index (χ1v) is 15.6. The topological polar surface area (TPSA) is 99.8 Å². The molecule has 0 atom stereocenters. The Morgan fingerprint density at radius 1 is 0.697 bits per heavy atom. The van der Waals surface area contributed by atoms with Crippen molar-refractivity contribution in [1.29, 1.82) is 0 Å². The second-order valence-electron chi connectivity index (χ2n) is 7.88. The molecule has 0 heterocycles. The molecule has 11 heteroatoms. The molecule has 194 valence electrons. The predicted molar refractivity (Wildman–Crippen MR) is 160 cm³/mol. The fraction of sp³-hybridized carbons (Fsp3) is 0.864. The molecule has 0 radical (unpaired) electrons. The van der Waals surface area contributed by atoms with Crippen LogP contribution >= 0.6 is 68.0 Å². The van der Waals surface area contributed by atoms with Crippen molar-refractivity contribution in [3.05, 3.63) is 0 Å². The lowest BCUT2D eigenvalue weighted by Crippen LogP contribution is -2.41. The van der Waals surface area contributed by atoms with Crippen LogP contribution in [0, 0.1) is 0 Å². The van der Waals surface area contributed by atoms with Crippen molar-refractivity contribution in [2.75, 3.05) is 50.3 Å². The van der Waals surface area contributed by atoms with Crippen LogP contribution < -0.4 is 14.2 Å². The van der Waals surface area contributed by atoms with E-state index in [1.54, 1.807) is 22.6 Å². The number of nitrogens with one attached hydrogen (secondary N) is 3. The molecule has 0 aliphatic rings. The van der Waals surface area contributed by atoms with Gasteiger partial charge in [0.25, 0.3) is 0 Å². The number of ether oxygens (including phenoxy) is 1. The van der Waals surface area contributed by atoms with Crippen LogP contribution in [-0.2, 0) is 14.3 Å². The van der Waals surface area contributed by atoms with Gasteiger partial charge in [-0.1, -0.05) is 54.7 Å². The van der Waals surface area contributed by atoms with Crippen molar-refractivity contribution in [3.63, 3.8) is 0 Å². The van der Waals surface area contributed by atoms with Gasteiger partial charge in [0.1, 0.15) is 0 Å². The Balaban J connectivity index is 3.84. The average molecular weight is 806 g/mol. The minimum absolute atomic E-state index is 0.0763. The Kier molecular flexibility index (Phi) is 26.0. The predicted octanol–water partition coefficient (Wildman–Crippen LogP) is 4.76. The second-order valence-corrected chi connectivity index (χ2v) is 10.6. The standard InChI is InChI=1S/C22H41I3N4O4/c23-12-8-4-1-2-6-10-20(30)26-13-16-29(18-15-28-25)17-14-27-21(31)11-7-3-5-9-19-33-22(24)32/h28H,1-19H2,(H,26,30)(H,27,31). The molecule has 0 aliphatic carbocycles. The normalized spacial score (nSPS) is 10.9. The highest BCUT2D eigenvalue weighted by atomic mass is 127. The molecular formula is C22H41I3N4O4. The number of carbonyl (C=O) groups excluding carboxylic acids is 3. The van der Waals surface area contributed by atoms with E-state index >= 15 is 0 Å². The summed E-state index contributed by atoms with van der Waals surface area (Å²) in [7, 11) is 0. The summed E-state index contributed by atoms with van der Waals surface area (Å²) in [4.78, 5) is 37.0. The maximum atomic E-state index is 12.0. The summed E-state index contributed by atoms with van der Waals surface area (Å²) in [6, 6.07) is 0. The van der Waals surface area contributed by atoms with E-state index in [2.05, 4.69) is 64.5 Å². The lowest BCUT2D eigenvalue weighted by molar-refractivity contribution is -0.121. The van der Waals surface area contributed by atoms with E-state index in [0.29, 0.717) is 32.5 Å². The highest BCUT2D eigenvalue weighted by Crippen LogP contribution is 2.07. The minimum atomic E-state index is -0.273. The third-order valence-corrected chi connectivity index (χ3v) is 6.69. The zero-order valence-corrected chi connectivity index (χ0v) is 26.1. The molecular weight excluding hydrogens is 765 g/mol. The van der Waals surface area contributed by atoms with Gasteiger partial charge in [0.2, 0.25) is 11.8 Å². The van der Waals surface area contributed by atoms with E-state index in [4.69, 9.17) is 4.74 Å². The third-order valence-electron chi connectivity index (χ3n) is 5.07. The van der Waals surface area contributed by atoms with Gasteiger partial charge in [0.05, 0.1) is 29.2 Å². The molecule has 33 heavy (non-hydrogen) atoms. The molecule has 8 nitrogen and oxygen atoms in total. The number of hydrogen-bond donors (Lipinski definition) is 3. The monoisotopic (exact) mass is 806 g/mol. The maximum absolute atomic E-state index is 12.0. The number of alkyl halides is 1. The lowest BCUT2D eigenvalue weighted by Gasteiger charge is -2.22. The number of hydrogen-bond acceptors (Lipinski definition) is 6. The summed E-state index contributed by atoms with van der Waals surface area (Å²) in [5, 5.41) is 6.02. The summed E-state index contributed by atoms with van der Waals surface area (Å²) < 4.78 is 8.95. The van der Waals surface area contributed by atoms with Crippen LogP contribution in [0.5, 0.6) is 0 Å². The van der Waals surface area contributed by atoms with E-state index in [0.717, 1.165) is 64.7 Å². The van der Waals surface area contributed by atoms with Crippen molar-refractivity contribution in [3.8, 4) is 0 Å². The van der Waals surface area contributed by atoms with Gasteiger partial charge in [0.15, 0.2) is 0 Å². The third kappa shape index (κ3) is 25.4. The fourth-order valence-electron chi connectivity index (χ4n) is 3.22. The smallest absolute Gasteiger partial charge is 0.367 e. The molecule has 0 aliphatic heterocycles. The Morgan fingerprint density at radius 3 is 1.70 bits per heavy atom. The Morgan fingerprint density at radius 2 is 1.18 bits per heavy atom. The minimum Gasteiger partial charge on any atom is -0.458 e. The molecule has 2 amide bonds. The fourth-order valence-corrected chi connectivity index (χ4v) is 4.22. The first kappa shape index (κ1) is 33.5. The van der Waals surface area contributed by atoms with Crippen LogP contribution in [0.25, 0.3) is 0 Å². The van der Waals surface area contributed by atoms with Gasteiger partial charge >= 0.3 is 3.98 Å². The number of unbranched alkanes of at least 4 members (excludes halogenated alkanes) is 7. The summed E-state index contributed by atoms with van der Waals surface area (Å²) in [6.07, 6.45) is 10.6. The van der Waals surface area contributed by atoms with E-state index in [1.807, 2.05) is 0 Å². The van der Waals surface area contributed by atoms with Crippen LogP contribution in [0.2, 0.25) is 0 Å². The van der Waals surface area contributed by atoms with E-state index in [9.17, 15) is 14.4 Å². The average Bonchev–Trinajstić information content (AvgIpc) is 2.78. The van der Waals surface area contributed by atoms with Crippen LogP contribution in [-0.4, -0.2) is 71.0 Å². The molecule has 0 bridgehead atoms. The zero-order valence-electron chi connectivity index (χ0n) is 19.6. The summed E-state index contributed by atoms with van der Waals surface area (Å²) in [6.45, 7) is 4.96. The molecule has 0 saturated heterocycles. The molecule has 0 spiro atoms. The van der Waals surface area contributed by atoms with E-state index < -0.39 is 0 Å². The van der Waals surface area contributed by atoms with Gasteiger partial charge in [-0.2, -0.15) is 0 Å². The number of rotatable bonds is 23. The van der Waals surface area contributed by atoms with Gasteiger partial charge in [-0.15, -0.1) is 0 Å². The van der Waals surface area contributed by atoms with Gasteiger partial charge in [-0.25, -0.2) is 4.79 Å². The first-order valence-electron chi connectivity index (χ1n) is 12.0. The van der Waals surface area contributed by atoms with Gasteiger partial charge < -0.3 is 15.4 Å². The molecule has 0 rings (SSSR count). The van der Waals surface area contributed by atoms with E-state index in [1.165, 1.54) is 23.7 Å². The van der Waals surface area contributed by atoms with E-state index in [-0.39, 0.29) is 15.8 Å². The van der Waals surface area contributed by atoms with Crippen LogP contribution in [0.3, 0.4) is 0 Å². The van der Waals surface area contributed by atoms with Crippen LogP contribution in [0.4, 0.5) is 4.79 Å². The van der Waals surface area contributed by atoms with Crippen molar-refractivity contribution in [2.45, 2.75) is 70.6 Å². The Hall–Kier alpha value is 0.520. The van der Waals surface area contributed by atoms with Crippen molar-refractivity contribution >= 4 is 83.8 Å². The molecule has 0 unspecified atom stereocenters. The summed E-state index contributed by atoms with van der Waals surface area (Å²) in [5.41, 5.74) is 0. The van der Waals surface area contributed by atoms with Crippen molar-refractivity contribution < 1.29 is 19.1 Å². The number of amides is 2. The summed E-state index contributed by atoms with van der Waals surface area (Å²) in [5.74, 6) is 0.212. The molecule has 0 saturated carbocycles. The maximum Gasteiger partial charge on any atom is 0.367 e. The number of carbonyl (C=O) groups is 3. The zero-order chi connectivity index (χ0) is 24.6. The van der Waals surface area contributed by atoms with Gasteiger partial charge in [0, 0.05) is 75.0 Å². The molecule has 0 fully saturated rings. The molecule has 0 aromatic rings. The largest absolute Gasteiger partial charge is 0.458 e.